The van der Waals surface area contributed by atoms with Gasteiger partial charge in [-0.2, -0.15) is 13.2 Å². The standard InChI is InChI=1S/C10H16BF3/c11-7-3-4-8(6-1-2-6)9(5-7)10(12,13)14/h6-9H,1-5,11H2. The highest BCUT2D eigenvalue weighted by molar-refractivity contribution is 6.11. The largest absolute Gasteiger partial charge is 0.392 e. The van der Waals surface area contributed by atoms with Gasteiger partial charge in [0, 0.05) is 0 Å². The number of hydrogen-bond donors (Lipinski definition) is 0. The van der Waals surface area contributed by atoms with Crippen molar-refractivity contribution in [1.82, 2.24) is 0 Å². The van der Waals surface area contributed by atoms with Crippen molar-refractivity contribution in [2.75, 3.05) is 0 Å². The molecule has 80 valence electrons. The topological polar surface area (TPSA) is 0 Å². The lowest BCUT2D eigenvalue weighted by atomic mass is 9.65. The highest BCUT2D eigenvalue weighted by Crippen LogP contribution is 2.53. The normalized spacial score (nSPS) is 39.8. The quantitative estimate of drug-likeness (QED) is 0.576. The van der Waals surface area contributed by atoms with Crippen molar-refractivity contribution in [2.45, 2.75) is 44.1 Å². The van der Waals surface area contributed by atoms with E-state index in [2.05, 4.69) is 0 Å². The van der Waals surface area contributed by atoms with Crippen LogP contribution in [0, 0.1) is 17.8 Å². The van der Waals surface area contributed by atoms with Gasteiger partial charge < -0.3 is 0 Å². The van der Waals surface area contributed by atoms with Gasteiger partial charge in [0.05, 0.1) is 5.92 Å². The minimum absolute atomic E-state index is 0.0498. The second-order valence-electron chi connectivity index (χ2n) is 5.07. The molecule has 0 nitrogen and oxygen atoms in total. The zero-order valence-electron chi connectivity index (χ0n) is 8.48. The summed E-state index contributed by atoms with van der Waals surface area (Å²) in [6.45, 7) is 0. The average molecular weight is 204 g/mol. The number of rotatable bonds is 1. The Bertz CT molecular complexity index is 210. The van der Waals surface area contributed by atoms with Gasteiger partial charge in [0.25, 0.3) is 0 Å². The summed E-state index contributed by atoms with van der Waals surface area (Å²) in [7, 11) is 1.95. The summed E-state index contributed by atoms with van der Waals surface area (Å²) in [4.78, 5) is 0. The molecule has 0 N–H and O–H groups in total. The lowest BCUT2D eigenvalue weighted by Crippen LogP contribution is -2.35. The van der Waals surface area contributed by atoms with Crippen LogP contribution in [0.5, 0.6) is 0 Å². The van der Waals surface area contributed by atoms with E-state index in [1.807, 2.05) is 7.85 Å². The summed E-state index contributed by atoms with van der Waals surface area (Å²) in [5, 5.41) is 0. The molecule has 0 aromatic rings. The van der Waals surface area contributed by atoms with E-state index < -0.39 is 12.1 Å². The maximum atomic E-state index is 12.8. The molecule has 0 bridgehead atoms. The molecule has 3 unspecified atom stereocenters. The number of alkyl halides is 3. The molecule has 4 heteroatoms. The molecule has 0 aromatic heterocycles. The van der Waals surface area contributed by atoms with E-state index in [-0.39, 0.29) is 11.7 Å². The molecule has 0 radical (unpaired) electrons. The Morgan fingerprint density at radius 3 is 2.14 bits per heavy atom. The van der Waals surface area contributed by atoms with Gasteiger partial charge in [-0.25, -0.2) is 0 Å². The molecule has 2 aliphatic rings. The highest BCUT2D eigenvalue weighted by Gasteiger charge is 2.50. The van der Waals surface area contributed by atoms with E-state index in [4.69, 9.17) is 0 Å². The van der Waals surface area contributed by atoms with E-state index >= 15 is 0 Å². The molecule has 2 rings (SSSR count). The summed E-state index contributed by atoms with van der Waals surface area (Å²) >= 11 is 0. The fraction of sp³-hybridized carbons (Fsp3) is 1.00. The van der Waals surface area contributed by atoms with Crippen molar-refractivity contribution >= 4 is 7.85 Å². The van der Waals surface area contributed by atoms with Crippen LogP contribution in [0.1, 0.15) is 32.1 Å². The molecule has 0 heterocycles. The van der Waals surface area contributed by atoms with Gasteiger partial charge in [0.15, 0.2) is 0 Å². The van der Waals surface area contributed by atoms with Gasteiger partial charge in [0.2, 0.25) is 0 Å². The summed E-state index contributed by atoms with van der Waals surface area (Å²) in [5.74, 6) is -0.393. The average Bonchev–Trinajstić information content (AvgIpc) is 2.85. The monoisotopic (exact) mass is 204 g/mol. The zero-order chi connectivity index (χ0) is 10.3. The number of hydrogen-bond acceptors (Lipinski definition) is 0. The first-order valence-electron chi connectivity index (χ1n) is 5.55. The first-order valence-corrected chi connectivity index (χ1v) is 5.55. The van der Waals surface area contributed by atoms with Crippen LogP contribution in [-0.4, -0.2) is 14.0 Å². The Kier molecular flexibility index (Phi) is 2.56. The maximum absolute atomic E-state index is 12.8. The number of halogens is 3. The molecule has 0 aromatic carbocycles. The molecule has 14 heavy (non-hydrogen) atoms. The van der Waals surface area contributed by atoms with Crippen LogP contribution < -0.4 is 0 Å². The minimum Gasteiger partial charge on any atom is -0.171 e. The molecule has 3 atom stereocenters. The first kappa shape index (κ1) is 10.4. The Morgan fingerprint density at radius 2 is 1.64 bits per heavy atom. The second kappa shape index (κ2) is 3.46. The Labute approximate surface area is 83.7 Å². The van der Waals surface area contributed by atoms with Gasteiger partial charge in [-0.15, -0.1) is 0 Å². The van der Waals surface area contributed by atoms with Crippen molar-refractivity contribution in [3.63, 3.8) is 0 Å². The minimum atomic E-state index is -3.96. The van der Waals surface area contributed by atoms with E-state index in [0.29, 0.717) is 12.3 Å². The molecular weight excluding hydrogens is 188 g/mol. The second-order valence-corrected chi connectivity index (χ2v) is 5.07. The van der Waals surface area contributed by atoms with Crippen LogP contribution in [0.4, 0.5) is 13.2 Å². The molecule has 2 aliphatic carbocycles. The Balaban J connectivity index is 2.06. The molecule has 0 amide bonds. The lowest BCUT2D eigenvalue weighted by Gasteiger charge is -2.36. The molecular formula is C10H16BF3. The third-order valence-electron chi connectivity index (χ3n) is 3.81. The zero-order valence-corrected chi connectivity index (χ0v) is 8.48. The van der Waals surface area contributed by atoms with Gasteiger partial charge >= 0.3 is 6.18 Å². The third-order valence-corrected chi connectivity index (χ3v) is 3.81. The van der Waals surface area contributed by atoms with Gasteiger partial charge in [0.1, 0.15) is 7.85 Å². The van der Waals surface area contributed by atoms with Crippen molar-refractivity contribution in [2.24, 2.45) is 17.8 Å². The Morgan fingerprint density at radius 1 is 1.00 bits per heavy atom. The molecule has 2 fully saturated rings. The van der Waals surface area contributed by atoms with Crippen molar-refractivity contribution < 1.29 is 13.2 Å². The molecule has 0 aliphatic heterocycles. The van der Waals surface area contributed by atoms with Crippen LogP contribution >= 0.6 is 0 Å². The van der Waals surface area contributed by atoms with Crippen LogP contribution in [0.15, 0.2) is 0 Å². The van der Waals surface area contributed by atoms with Crippen LogP contribution in [0.25, 0.3) is 0 Å². The maximum Gasteiger partial charge on any atom is 0.392 e. The smallest absolute Gasteiger partial charge is 0.171 e. The van der Waals surface area contributed by atoms with Crippen molar-refractivity contribution in [3.05, 3.63) is 0 Å². The van der Waals surface area contributed by atoms with E-state index in [0.717, 1.165) is 25.7 Å². The van der Waals surface area contributed by atoms with Gasteiger partial charge in [-0.1, -0.05) is 18.7 Å². The molecule has 2 saturated carbocycles. The summed E-state index contributed by atoms with van der Waals surface area (Å²) < 4.78 is 38.3. The van der Waals surface area contributed by atoms with Gasteiger partial charge in [-0.05, 0) is 31.1 Å². The third kappa shape index (κ3) is 2.09. The SMILES string of the molecule is BC1CCC(C2CC2)C(C(F)(F)F)C1. The van der Waals surface area contributed by atoms with Crippen molar-refractivity contribution in [3.8, 4) is 0 Å². The Hall–Kier alpha value is -0.145. The predicted molar refractivity (Wildman–Crippen MR) is 51.9 cm³/mol. The lowest BCUT2D eigenvalue weighted by molar-refractivity contribution is -0.198. The first-order chi connectivity index (χ1) is 6.48. The summed E-state index contributed by atoms with van der Waals surface area (Å²) in [6.07, 6.45) is 0.271. The molecule has 0 saturated heterocycles. The van der Waals surface area contributed by atoms with Crippen LogP contribution in [0.3, 0.4) is 0 Å². The van der Waals surface area contributed by atoms with Crippen molar-refractivity contribution in [1.29, 1.82) is 0 Å². The van der Waals surface area contributed by atoms with E-state index in [1.54, 1.807) is 0 Å². The fourth-order valence-electron chi connectivity index (χ4n) is 2.87. The summed E-state index contributed by atoms with van der Waals surface area (Å²) in [6, 6.07) is 0. The fourth-order valence-corrected chi connectivity index (χ4v) is 2.87. The van der Waals surface area contributed by atoms with Crippen LogP contribution in [-0.2, 0) is 0 Å². The molecule has 0 spiro atoms. The van der Waals surface area contributed by atoms with Gasteiger partial charge in [-0.3, -0.25) is 0 Å². The predicted octanol–water partition coefficient (Wildman–Crippen LogP) is 2.80. The highest BCUT2D eigenvalue weighted by atomic mass is 19.4. The van der Waals surface area contributed by atoms with E-state index in [9.17, 15) is 13.2 Å². The summed E-state index contributed by atoms with van der Waals surface area (Å²) in [5.41, 5.74) is 0. The van der Waals surface area contributed by atoms with E-state index in [1.165, 1.54) is 0 Å². The van der Waals surface area contributed by atoms with Crippen LogP contribution in [0.2, 0.25) is 5.82 Å².